The molecule has 0 saturated carbocycles. The van der Waals surface area contributed by atoms with Gasteiger partial charge < -0.3 is 5.32 Å². The highest BCUT2D eigenvalue weighted by Gasteiger charge is 2.11. The standard InChI is InChI=1S/C23H20ClN5O/c1-15-9-17(11-26-22(15)18-7-8-25-16(2)10-18)12-27-23(30)29-14-19(13-28-29)20-5-3-4-6-21(20)24/h3-11,13-14H,12H2,1-2H3,(H,27,30). The second-order valence-electron chi connectivity index (χ2n) is 7.01. The van der Waals surface area contributed by atoms with Crippen molar-refractivity contribution in [2.45, 2.75) is 20.4 Å². The molecule has 1 amide bonds. The summed E-state index contributed by atoms with van der Waals surface area (Å²) in [7, 11) is 0. The van der Waals surface area contributed by atoms with Crippen molar-refractivity contribution in [1.82, 2.24) is 25.1 Å². The van der Waals surface area contributed by atoms with Crippen molar-refractivity contribution in [1.29, 1.82) is 0 Å². The zero-order valence-electron chi connectivity index (χ0n) is 16.6. The Hall–Kier alpha value is -3.51. The first-order chi connectivity index (χ1) is 14.5. The monoisotopic (exact) mass is 417 g/mol. The smallest absolute Gasteiger partial charge is 0.332 e. The van der Waals surface area contributed by atoms with E-state index in [0.29, 0.717) is 11.6 Å². The number of hydrogen-bond donors (Lipinski definition) is 1. The van der Waals surface area contributed by atoms with Crippen molar-refractivity contribution in [3.63, 3.8) is 0 Å². The molecule has 0 aliphatic heterocycles. The Morgan fingerprint density at radius 1 is 1.07 bits per heavy atom. The fourth-order valence-electron chi connectivity index (χ4n) is 3.25. The SMILES string of the molecule is Cc1cc(-c2ncc(CNC(=O)n3cc(-c4ccccc4Cl)cn3)cc2C)ccn1. The number of aryl methyl sites for hydroxylation is 2. The van der Waals surface area contributed by atoms with Gasteiger partial charge in [-0.2, -0.15) is 9.78 Å². The number of amides is 1. The van der Waals surface area contributed by atoms with Crippen molar-refractivity contribution in [2.75, 3.05) is 0 Å². The minimum atomic E-state index is -0.320. The lowest BCUT2D eigenvalue weighted by atomic mass is 10.1. The zero-order chi connectivity index (χ0) is 21.1. The molecular formula is C23H20ClN5O. The summed E-state index contributed by atoms with van der Waals surface area (Å²) < 4.78 is 1.27. The lowest BCUT2D eigenvalue weighted by Gasteiger charge is -2.09. The van der Waals surface area contributed by atoms with Gasteiger partial charge in [-0.3, -0.25) is 9.97 Å². The number of carbonyl (C=O) groups is 1. The van der Waals surface area contributed by atoms with Crippen molar-refractivity contribution >= 4 is 17.6 Å². The zero-order valence-corrected chi connectivity index (χ0v) is 17.4. The van der Waals surface area contributed by atoms with E-state index in [9.17, 15) is 4.79 Å². The predicted octanol–water partition coefficient (Wildman–Crippen LogP) is 5.04. The van der Waals surface area contributed by atoms with Crippen LogP contribution < -0.4 is 5.32 Å². The summed E-state index contributed by atoms with van der Waals surface area (Å²) in [5.74, 6) is 0. The fourth-order valence-corrected chi connectivity index (χ4v) is 3.50. The third-order valence-electron chi connectivity index (χ3n) is 4.72. The van der Waals surface area contributed by atoms with Gasteiger partial charge >= 0.3 is 6.03 Å². The molecule has 0 aliphatic carbocycles. The lowest BCUT2D eigenvalue weighted by Crippen LogP contribution is -2.28. The summed E-state index contributed by atoms with van der Waals surface area (Å²) in [4.78, 5) is 21.3. The van der Waals surface area contributed by atoms with E-state index in [1.54, 1.807) is 30.9 Å². The van der Waals surface area contributed by atoms with Gasteiger partial charge in [-0.05, 0) is 43.2 Å². The highest BCUT2D eigenvalue weighted by atomic mass is 35.5. The Morgan fingerprint density at radius 3 is 2.67 bits per heavy atom. The number of nitrogens with zero attached hydrogens (tertiary/aromatic N) is 4. The third-order valence-corrected chi connectivity index (χ3v) is 5.05. The number of pyridine rings is 2. The van der Waals surface area contributed by atoms with Gasteiger partial charge in [0.15, 0.2) is 0 Å². The molecule has 150 valence electrons. The number of hydrogen-bond acceptors (Lipinski definition) is 4. The highest BCUT2D eigenvalue weighted by Crippen LogP contribution is 2.27. The van der Waals surface area contributed by atoms with Crippen molar-refractivity contribution in [3.8, 4) is 22.4 Å². The van der Waals surface area contributed by atoms with Crippen LogP contribution in [0.4, 0.5) is 4.79 Å². The largest absolute Gasteiger partial charge is 0.342 e. The van der Waals surface area contributed by atoms with Gasteiger partial charge in [0.05, 0.1) is 11.9 Å². The van der Waals surface area contributed by atoms with E-state index in [-0.39, 0.29) is 6.03 Å². The van der Waals surface area contributed by atoms with Gasteiger partial charge in [0.2, 0.25) is 0 Å². The number of benzene rings is 1. The molecule has 6 nitrogen and oxygen atoms in total. The molecule has 1 N–H and O–H groups in total. The Morgan fingerprint density at radius 2 is 1.90 bits per heavy atom. The number of rotatable bonds is 4. The topological polar surface area (TPSA) is 72.7 Å². The van der Waals surface area contributed by atoms with Crippen LogP contribution in [0.3, 0.4) is 0 Å². The summed E-state index contributed by atoms with van der Waals surface area (Å²) in [5, 5.41) is 7.63. The molecular weight excluding hydrogens is 398 g/mol. The molecule has 0 radical (unpaired) electrons. The Labute approximate surface area is 179 Å². The van der Waals surface area contributed by atoms with E-state index in [0.717, 1.165) is 39.2 Å². The first kappa shape index (κ1) is 19.8. The summed E-state index contributed by atoms with van der Waals surface area (Å²) in [6.45, 7) is 4.31. The average Bonchev–Trinajstić information content (AvgIpc) is 3.22. The van der Waals surface area contributed by atoms with Gasteiger partial charge in [-0.25, -0.2) is 4.79 Å². The molecule has 0 fully saturated rings. The molecule has 0 aliphatic rings. The number of carbonyl (C=O) groups excluding carboxylic acids is 1. The van der Waals surface area contributed by atoms with Crippen LogP contribution in [0.1, 0.15) is 16.8 Å². The maximum Gasteiger partial charge on any atom is 0.342 e. The van der Waals surface area contributed by atoms with Crippen LogP contribution in [0.5, 0.6) is 0 Å². The quantitative estimate of drug-likeness (QED) is 0.505. The minimum Gasteiger partial charge on any atom is -0.332 e. The molecule has 3 aromatic heterocycles. The van der Waals surface area contributed by atoms with Crippen molar-refractivity contribution < 1.29 is 4.79 Å². The van der Waals surface area contributed by atoms with Crippen LogP contribution in [-0.4, -0.2) is 25.8 Å². The van der Waals surface area contributed by atoms with E-state index in [1.165, 1.54) is 4.68 Å². The van der Waals surface area contributed by atoms with Crippen LogP contribution >= 0.6 is 11.6 Å². The first-order valence-corrected chi connectivity index (χ1v) is 9.85. The molecule has 4 aromatic rings. The van der Waals surface area contributed by atoms with Crippen LogP contribution in [-0.2, 0) is 6.54 Å². The molecule has 1 aromatic carbocycles. The van der Waals surface area contributed by atoms with Gasteiger partial charge in [0.25, 0.3) is 0 Å². The lowest BCUT2D eigenvalue weighted by molar-refractivity contribution is 0.239. The Bertz CT molecular complexity index is 1220. The molecule has 0 spiro atoms. The van der Waals surface area contributed by atoms with Gasteiger partial charge in [0, 0.05) is 52.5 Å². The molecule has 0 bridgehead atoms. The predicted molar refractivity (Wildman–Crippen MR) is 117 cm³/mol. The van der Waals surface area contributed by atoms with E-state index in [1.807, 2.05) is 50.2 Å². The number of aromatic nitrogens is 4. The van der Waals surface area contributed by atoms with Crippen molar-refractivity contribution in [3.05, 3.63) is 89.1 Å². The van der Waals surface area contributed by atoms with Crippen LogP contribution in [0.15, 0.2) is 67.3 Å². The maximum absolute atomic E-state index is 12.5. The van der Waals surface area contributed by atoms with Crippen LogP contribution in [0.2, 0.25) is 5.02 Å². The van der Waals surface area contributed by atoms with Gasteiger partial charge in [0.1, 0.15) is 0 Å². The van der Waals surface area contributed by atoms with E-state index < -0.39 is 0 Å². The molecule has 3 heterocycles. The molecule has 4 rings (SSSR count). The minimum absolute atomic E-state index is 0.320. The van der Waals surface area contributed by atoms with Crippen LogP contribution in [0.25, 0.3) is 22.4 Å². The number of halogens is 1. The maximum atomic E-state index is 12.5. The summed E-state index contributed by atoms with van der Waals surface area (Å²) in [6.07, 6.45) is 6.84. The normalized spacial score (nSPS) is 10.8. The summed E-state index contributed by atoms with van der Waals surface area (Å²) >= 11 is 6.22. The van der Waals surface area contributed by atoms with E-state index in [4.69, 9.17) is 11.6 Å². The first-order valence-electron chi connectivity index (χ1n) is 9.47. The average molecular weight is 418 g/mol. The van der Waals surface area contributed by atoms with Gasteiger partial charge in [-0.1, -0.05) is 35.9 Å². The molecule has 0 atom stereocenters. The molecule has 0 unspecified atom stereocenters. The van der Waals surface area contributed by atoms with Crippen molar-refractivity contribution in [2.24, 2.45) is 0 Å². The van der Waals surface area contributed by atoms with E-state index in [2.05, 4.69) is 20.4 Å². The second-order valence-corrected chi connectivity index (χ2v) is 7.41. The second kappa shape index (κ2) is 8.47. The third kappa shape index (κ3) is 4.23. The van der Waals surface area contributed by atoms with Gasteiger partial charge in [-0.15, -0.1) is 0 Å². The Balaban J connectivity index is 1.44. The van der Waals surface area contributed by atoms with Crippen LogP contribution in [0, 0.1) is 13.8 Å². The van der Waals surface area contributed by atoms with E-state index >= 15 is 0 Å². The molecule has 30 heavy (non-hydrogen) atoms. The molecule has 0 saturated heterocycles. The summed E-state index contributed by atoms with van der Waals surface area (Å²) in [6, 6.07) is 13.1. The molecule has 7 heteroatoms. The Kier molecular flexibility index (Phi) is 5.59. The fraction of sp³-hybridized carbons (Fsp3) is 0.130. The highest BCUT2D eigenvalue weighted by molar-refractivity contribution is 6.33. The summed E-state index contributed by atoms with van der Waals surface area (Å²) in [5.41, 5.74) is 6.44. The number of nitrogens with one attached hydrogen (secondary N) is 1.